The molecule has 0 spiro atoms. The summed E-state index contributed by atoms with van der Waals surface area (Å²) in [6, 6.07) is 1.48. The van der Waals surface area contributed by atoms with E-state index in [1.54, 1.807) is 0 Å². The maximum Gasteiger partial charge on any atom is 0.183 e. The van der Waals surface area contributed by atoms with Crippen LogP contribution >= 0.6 is 0 Å². The second-order valence-corrected chi connectivity index (χ2v) is 12.7. The first-order valence-corrected chi connectivity index (χ1v) is 12.6. The summed E-state index contributed by atoms with van der Waals surface area (Å²) in [7, 11) is -1.52. The van der Waals surface area contributed by atoms with E-state index in [4.69, 9.17) is 4.43 Å². The Morgan fingerprint density at radius 1 is 1.00 bits per heavy atom. The predicted octanol–water partition coefficient (Wildman–Crippen LogP) is 4.13. The van der Waals surface area contributed by atoms with Crippen LogP contribution in [0.1, 0.15) is 26.7 Å². The number of rotatable bonds is 6. The molecule has 0 rings (SSSR count). The van der Waals surface area contributed by atoms with Gasteiger partial charge in [0.1, 0.15) is 0 Å². The van der Waals surface area contributed by atoms with E-state index in [-0.39, 0.29) is 8.80 Å². The molecule has 3 heteroatoms. The lowest BCUT2D eigenvalue weighted by Crippen LogP contribution is -2.25. The first kappa shape index (κ1) is 16.8. The first-order chi connectivity index (χ1) is 6.42. The zero-order valence-corrected chi connectivity index (χ0v) is 13.5. The molecule has 88 valence electrons. The van der Waals surface area contributed by atoms with E-state index in [0.29, 0.717) is 0 Å². The average molecular weight is 235 g/mol. The minimum Gasteiger partial charge on any atom is -0.418 e. The van der Waals surface area contributed by atoms with Crippen molar-refractivity contribution in [3.63, 3.8) is 0 Å². The van der Waals surface area contributed by atoms with Crippen LogP contribution < -0.4 is 0 Å². The van der Waals surface area contributed by atoms with E-state index < -0.39 is 8.32 Å². The van der Waals surface area contributed by atoms with Crippen molar-refractivity contribution in [2.24, 2.45) is 0 Å². The summed E-state index contributed by atoms with van der Waals surface area (Å²) in [4.78, 5) is 0. The second-order valence-electron chi connectivity index (χ2n) is 4.85. The van der Waals surface area contributed by atoms with Gasteiger partial charge in [0.05, 0.1) is 0 Å². The highest BCUT2D eigenvalue weighted by molar-refractivity contribution is 6.69. The van der Waals surface area contributed by atoms with E-state index in [1.165, 1.54) is 18.9 Å². The molecule has 14 heavy (non-hydrogen) atoms. The van der Waals surface area contributed by atoms with Gasteiger partial charge in [-0.3, -0.25) is 0 Å². The molecule has 0 heterocycles. The SMILES string of the molecule is CC.C[SiH](C)CCCCO[Si](C)(C)C. The highest BCUT2D eigenvalue weighted by Crippen LogP contribution is 2.06. The van der Waals surface area contributed by atoms with Crippen LogP contribution in [0.25, 0.3) is 0 Å². The Kier molecular flexibility index (Phi) is 11.9. The van der Waals surface area contributed by atoms with Crippen LogP contribution in [0.4, 0.5) is 0 Å². The van der Waals surface area contributed by atoms with Crippen LogP contribution in [0.15, 0.2) is 0 Å². The molecule has 0 unspecified atom stereocenters. The standard InChI is InChI=1S/C9H24OSi2.C2H6/c1-11(2)9-7-6-8-10-12(3,4)5;1-2/h11H,6-9H2,1-5H3;1-2H3. The van der Waals surface area contributed by atoms with Crippen molar-refractivity contribution in [2.45, 2.75) is 65.5 Å². The molecule has 0 saturated carbocycles. The fourth-order valence-corrected chi connectivity index (χ4v) is 2.89. The lowest BCUT2D eigenvalue weighted by atomic mass is 10.4. The molecule has 0 bridgehead atoms. The van der Waals surface area contributed by atoms with Crippen LogP contribution in [0.3, 0.4) is 0 Å². The Hall–Kier alpha value is 0.394. The quantitative estimate of drug-likeness (QED) is 0.496. The molecule has 0 radical (unpaired) electrons. The van der Waals surface area contributed by atoms with Gasteiger partial charge in [0.25, 0.3) is 0 Å². The normalized spacial score (nSPS) is 11.1. The zero-order chi connectivity index (χ0) is 11.6. The molecule has 0 amide bonds. The summed E-state index contributed by atoms with van der Waals surface area (Å²) in [6.07, 6.45) is 2.66. The Labute approximate surface area is 94.0 Å². The van der Waals surface area contributed by atoms with Crippen LogP contribution in [-0.4, -0.2) is 23.7 Å². The van der Waals surface area contributed by atoms with Gasteiger partial charge in [0.2, 0.25) is 0 Å². The molecule has 0 aliphatic rings. The summed E-state index contributed by atoms with van der Waals surface area (Å²) in [5.41, 5.74) is 0. The Morgan fingerprint density at radius 2 is 1.50 bits per heavy atom. The van der Waals surface area contributed by atoms with Gasteiger partial charge < -0.3 is 4.43 Å². The van der Waals surface area contributed by atoms with Gasteiger partial charge in [0.15, 0.2) is 8.32 Å². The highest BCUT2D eigenvalue weighted by Gasteiger charge is 2.12. The van der Waals surface area contributed by atoms with Crippen molar-refractivity contribution in [1.82, 2.24) is 0 Å². The third kappa shape index (κ3) is 18.2. The Bertz CT molecular complexity index is 108. The molecule has 0 atom stereocenters. The minimum atomic E-state index is -1.22. The fraction of sp³-hybridized carbons (Fsp3) is 1.00. The molecular formula is C11H30OSi2. The van der Waals surface area contributed by atoms with Gasteiger partial charge in [-0.1, -0.05) is 39.4 Å². The van der Waals surface area contributed by atoms with Crippen molar-refractivity contribution in [3.05, 3.63) is 0 Å². The smallest absolute Gasteiger partial charge is 0.183 e. The van der Waals surface area contributed by atoms with Gasteiger partial charge in [-0.25, -0.2) is 0 Å². The predicted molar refractivity (Wildman–Crippen MR) is 73.6 cm³/mol. The van der Waals surface area contributed by atoms with Gasteiger partial charge >= 0.3 is 0 Å². The van der Waals surface area contributed by atoms with Crippen molar-refractivity contribution >= 4 is 17.1 Å². The number of unbranched alkanes of at least 4 members (excludes halogenated alkanes) is 1. The molecule has 0 aromatic rings. The zero-order valence-electron chi connectivity index (χ0n) is 11.3. The third-order valence-corrected chi connectivity index (χ3v) is 4.34. The maximum atomic E-state index is 5.77. The van der Waals surface area contributed by atoms with Gasteiger partial charge in [0, 0.05) is 15.4 Å². The van der Waals surface area contributed by atoms with Crippen LogP contribution in [0.5, 0.6) is 0 Å². The third-order valence-electron chi connectivity index (χ3n) is 1.71. The van der Waals surface area contributed by atoms with Crippen molar-refractivity contribution in [3.8, 4) is 0 Å². The molecule has 0 N–H and O–H groups in total. The fourth-order valence-electron chi connectivity index (χ4n) is 1.03. The molecule has 0 aliphatic carbocycles. The summed E-state index contributed by atoms with van der Waals surface area (Å²) >= 11 is 0. The topological polar surface area (TPSA) is 9.23 Å². The van der Waals surface area contributed by atoms with E-state index in [9.17, 15) is 0 Å². The Balaban J connectivity index is 0. The molecule has 0 aromatic carbocycles. The van der Waals surface area contributed by atoms with Gasteiger partial charge in [-0.2, -0.15) is 0 Å². The van der Waals surface area contributed by atoms with Gasteiger partial charge in [-0.05, 0) is 26.1 Å². The molecule has 0 fully saturated rings. The summed E-state index contributed by atoms with van der Waals surface area (Å²) in [5, 5.41) is 0. The van der Waals surface area contributed by atoms with Crippen molar-refractivity contribution in [1.29, 1.82) is 0 Å². The second kappa shape index (κ2) is 9.93. The average Bonchev–Trinajstić information content (AvgIpc) is 2.05. The van der Waals surface area contributed by atoms with Crippen molar-refractivity contribution in [2.75, 3.05) is 6.61 Å². The van der Waals surface area contributed by atoms with Crippen LogP contribution in [-0.2, 0) is 4.43 Å². The lowest BCUT2D eigenvalue weighted by molar-refractivity contribution is 0.303. The van der Waals surface area contributed by atoms with Gasteiger partial charge in [-0.15, -0.1) is 0 Å². The van der Waals surface area contributed by atoms with Crippen LogP contribution in [0, 0.1) is 0 Å². The van der Waals surface area contributed by atoms with E-state index in [2.05, 4.69) is 32.7 Å². The Morgan fingerprint density at radius 3 is 1.86 bits per heavy atom. The maximum absolute atomic E-state index is 5.77. The summed E-state index contributed by atoms with van der Waals surface area (Å²) in [5.74, 6) is 0. The van der Waals surface area contributed by atoms with E-state index in [1.807, 2.05) is 13.8 Å². The number of hydrogen-bond acceptors (Lipinski definition) is 1. The highest BCUT2D eigenvalue weighted by atomic mass is 28.4. The molecular weight excluding hydrogens is 204 g/mol. The van der Waals surface area contributed by atoms with E-state index in [0.717, 1.165) is 6.61 Å². The molecule has 0 aliphatic heterocycles. The molecule has 1 nitrogen and oxygen atoms in total. The monoisotopic (exact) mass is 234 g/mol. The largest absolute Gasteiger partial charge is 0.418 e. The van der Waals surface area contributed by atoms with Crippen LogP contribution in [0.2, 0.25) is 38.8 Å². The summed E-state index contributed by atoms with van der Waals surface area (Å²) < 4.78 is 5.77. The van der Waals surface area contributed by atoms with Crippen molar-refractivity contribution < 1.29 is 4.43 Å². The molecule has 0 saturated heterocycles. The van der Waals surface area contributed by atoms with E-state index >= 15 is 0 Å². The first-order valence-electron chi connectivity index (χ1n) is 6.06. The lowest BCUT2D eigenvalue weighted by Gasteiger charge is -2.16. The summed E-state index contributed by atoms with van der Waals surface area (Å²) in [6.45, 7) is 16.6. The number of hydrogen-bond donors (Lipinski definition) is 0. The minimum absolute atomic E-state index is 0.299. The molecule has 0 aromatic heterocycles.